The van der Waals surface area contributed by atoms with Crippen molar-refractivity contribution in [3.63, 3.8) is 0 Å². The number of anilines is 1. The zero-order valence-electron chi connectivity index (χ0n) is 22.3. The predicted octanol–water partition coefficient (Wildman–Crippen LogP) is 6.46. The Morgan fingerprint density at radius 3 is 2.61 bits per heavy atom. The Hall–Kier alpha value is -2.58. The second-order valence-electron chi connectivity index (χ2n) is 12.0. The van der Waals surface area contributed by atoms with Crippen LogP contribution in [-0.4, -0.2) is 56.9 Å². The molecule has 0 spiro atoms. The van der Waals surface area contributed by atoms with Gasteiger partial charge in [-0.05, 0) is 77.6 Å². The Balaban J connectivity index is 1.29. The number of amides is 1. The number of hydrogen-bond acceptors (Lipinski definition) is 4. The molecule has 2 fully saturated rings. The van der Waals surface area contributed by atoms with E-state index < -0.39 is 17.8 Å². The van der Waals surface area contributed by atoms with Crippen LogP contribution in [0.1, 0.15) is 65.0 Å². The minimum Gasteiger partial charge on any atom is -0.326 e. The average molecular weight is 542 g/mol. The summed E-state index contributed by atoms with van der Waals surface area (Å²) in [4.78, 5) is 27.1. The fraction of sp³-hybridized carbons (Fsp3) is 0.552. The van der Waals surface area contributed by atoms with E-state index in [1.807, 2.05) is 47.6 Å². The van der Waals surface area contributed by atoms with Crippen LogP contribution < -0.4 is 4.90 Å². The van der Waals surface area contributed by atoms with Crippen molar-refractivity contribution in [1.82, 2.24) is 19.4 Å². The maximum Gasteiger partial charge on any atom is 0.242 e. The van der Waals surface area contributed by atoms with Crippen molar-refractivity contribution in [1.29, 1.82) is 0 Å². The summed E-state index contributed by atoms with van der Waals surface area (Å²) in [6.45, 7) is 9.42. The number of piperidine rings is 1. The summed E-state index contributed by atoms with van der Waals surface area (Å²) in [7, 11) is 0. The molecule has 4 heterocycles. The average Bonchev–Trinajstić information content (AvgIpc) is 3.37. The van der Waals surface area contributed by atoms with Crippen molar-refractivity contribution in [2.24, 2.45) is 5.92 Å². The zero-order valence-corrected chi connectivity index (χ0v) is 23.1. The predicted molar refractivity (Wildman–Crippen MR) is 146 cm³/mol. The van der Waals surface area contributed by atoms with E-state index >= 15 is 0 Å². The summed E-state index contributed by atoms with van der Waals surface area (Å²) >= 11 is 6.63. The summed E-state index contributed by atoms with van der Waals surface area (Å²) in [5, 5.41) is 0.405. The fourth-order valence-electron chi connectivity index (χ4n) is 6.51. The fourth-order valence-corrected chi connectivity index (χ4v) is 6.79. The van der Waals surface area contributed by atoms with Crippen molar-refractivity contribution >= 4 is 34.2 Å². The van der Waals surface area contributed by atoms with Gasteiger partial charge in [0.25, 0.3) is 0 Å². The number of carbonyl (C=O) groups is 1. The molecule has 2 aliphatic heterocycles. The van der Waals surface area contributed by atoms with E-state index in [9.17, 15) is 13.6 Å². The van der Waals surface area contributed by atoms with Crippen LogP contribution in [-0.2, 0) is 10.2 Å². The van der Waals surface area contributed by atoms with Crippen molar-refractivity contribution in [2.75, 3.05) is 18.0 Å². The van der Waals surface area contributed by atoms with Crippen molar-refractivity contribution < 1.29 is 13.6 Å². The minimum absolute atomic E-state index is 0.0657. The molecule has 3 aliphatic rings. The molecule has 2 aromatic heterocycles. The molecule has 3 aromatic rings. The maximum atomic E-state index is 13.6. The highest BCUT2D eigenvalue weighted by Gasteiger charge is 2.50. The third-order valence-electron chi connectivity index (χ3n) is 8.86. The quantitative estimate of drug-likeness (QED) is 0.348. The van der Waals surface area contributed by atoms with Crippen LogP contribution in [0.4, 0.5) is 14.5 Å². The van der Waals surface area contributed by atoms with E-state index in [2.05, 4.69) is 23.7 Å². The second kappa shape index (κ2) is 9.26. The molecular weight excluding hydrogens is 508 g/mol. The molecule has 1 aliphatic carbocycles. The van der Waals surface area contributed by atoms with E-state index in [0.29, 0.717) is 23.8 Å². The number of benzene rings is 1. The molecule has 0 bridgehead atoms. The standard InChI is InChI=1S/C29H34ClF2N5O/c1-16(2)36-15-33-23-13-22(34-26(30)25(23)36)17-7-8-21-24(10-17)37(28(38)29(21,3)4)20-11-19(12-20)35-9-5-6-18(14-35)27(31)32/h7-8,10,13,15-16,18-20,27H,5-6,9,11-12,14H2,1-4H3/t18?,19-,20+. The van der Waals surface area contributed by atoms with Gasteiger partial charge >= 0.3 is 0 Å². The van der Waals surface area contributed by atoms with Gasteiger partial charge < -0.3 is 9.47 Å². The third-order valence-corrected chi connectivity index (χ3v) is 9.12. The van der Waals surface area contributed by atoms with Crippen LogP contribution in [0.5, 0.6) is 0 Å². The molecule has 1 amide bonds. The van der Waals surface area contributed by atoms with Crippen molar-refractivity contribution in [3.05, 3.63) is 41.3 Å². The number of imidazole rings is 1. The number of alkyl halides is 2. The van der Waals surface area contributed by atoms with E-state index in [4.69, 9.17) is 16.6 Å². The first-order chi connectivity index (χ1) is 18.1. The summed E-state index contributed by atoms with van der Waals surface area (Å²) in [6.07, 6.45) is 2.56. The van der Waals surface area contributed by atoms with E-state index in [-0.39, 0.29) is 24.0 Å². The van der Waals surface area contributed by atoms with E-state index in [1.54, 1.807) is 6.33 Å². The molecule has 1 saturated carbocycles. The summed E-state index contributed by atoms with van der Waals surface area (Å²) < 4.78 is 28.7. The topological polar surface area (TPSA) is 54.3 Å². The van der Waals surface area contributed by atoms with Gasteiger partial charge in [-0.25, -0.2) is 18.7 Å². The van der Waals surface area contributed by atoms with E-state index in [0.717, 1.165) is 53.7 Å². The van der Waals surface area contributed by atoms with Gasteiger partial charge in [-0.1, -0.05) is 23.7 Å². The summed E-state index contributed by atoms with van der Waals surface area (Å²) in [5.41, 5.74) is 4.49. The lowest BCUT2D eigenvalue weighted by molar-refractivity contribution is -0.123. The van der Waals surface area contributed by atoms with Crippen LogP contribution in [0.15, 0.2) is 30.6 Å². The molecule has 1 aromatic carbocycles. The molecule has 0 N–H and O–H groups in total. The molecule has 6 rings (SSSR count). The number of aromatic nitrogens is 3. The Morgan fingerprint density at radius 2 is 1.89 bits per heavy atom. The molecule has 9 heteroatoms. The van der Waals surface area contributed by atoms with Crippen LogP contribution in [0.3, 0.4) is 0 Å². The lowest BCUT2D eigenvalue weighted by Gasteiger charge is -2.49. The Labute approximate surface area is 227 Å². The summed E-state index contributed by atoms with van der Waals surface area (Å²) in [5.74, 6) is -0.448. The zero-order chi connectivity index (χ0) is 26.9. The van der Waals surface area contributed by atoms with Crippen LogP contribution in [0, 0.1) is 5.92 Å². The molecule has 1 saturated heterocycles. The van der Waals surface area contributed by atoms with Gasteiger partial charge in [-0.15, -0.1) is 0 Å². The number of pyridine rings is 1. The monoisotopic (exact) mass is 541 g/mol. The largest absolute Gasteiger partial charge is 0.326 e. The first-order valence-corrected chi connectivity index (χ1v) is 14.0. The lowest BCUT2D eigenvalue weighted by atomic mass is 9.82. The van der Waals surface area contributed by atoms with Crippen LogP contribution >= 0.6 is 11.6 Å². The number of hydrogen-bond donors (Lipinski definition) is 0. The van der Waals surface area contributed by atoms with Crippen LogP contribution in [0.25, 0.3) is 22.3 Å². The first-order valence-electron chi connectivity index (χ1n) is 13.6. The molecule has 1 unspecified atom stereocenters. The highest BCUT2D eigenvalue weighted by atomic mass is 35.5. The minimum atomic E-state index is -2.26. The Kier molecular flexibility index (Phi) is 6.26. The van der Waals surface area contributed by atoms with Gasteiger partial charge in [-0.3, -0.25) is 9.69 Å². The van der Waals surface area contributed by atoms with Gasteiger partial charge in [0.2, 0.25) is 12.3 Å². The van der Waals surface area contributed by atoms with E-state index in [1.165, 1.54) is 0 Å². The Morgan fingerprint density at radius 1 is 1.13 bits per heavy atom. The van der Waals surface area contributed by atoms with Gasteiger partial charge in [0, 0.05) is 41.8 Å². The van der Waals surface area contributed by atoms with Crippen LogP contribution in [0.2, 0.25) is 5.15 Å². The SMILES string of the molecule is CC(C)n1cnc2cc(-c3ccc4c(c3)N([C@H]3C[C@@H](N5CCCC(C(F)F)C5)C3)C(=O)C4(C)C)nc(Cl)c21. The first kappa shape index (κ1) is 25.7. The second-order valence-corrected chi connectivity index (χ2v) is 12.3. The summed E-state index contributed by atoms with van der Waals surface area (Å²) in [6, 6.07) is 8.56. The maximum absolute atomic E-state index is 13.6. The molecule has 1 atom stereocenters. The smallest absolute Gasteiger partial charge is 0.242 e. The highest BCUT2D eigenvalue weighted by Crippen LogP contribution is 2.48. The Bertz CT molecular complexity index is 1400. The number of rotatable bonds is 5. The molecule has 6 nitrogen and oxygen atoms in total. The van der Waals surface area contributed by atoms with Gasteiger partial charge in [0.15, 0.2) is 5.15 Å². The van der Waals surface area contributed by atoms with Crippen molar-refractivity contribution in [2.45, 2.75) is 83.3 Å². The van der Waals surface area contributed by atoms with Gasteiger partial charge in [0.1, 0.15) is 5.52 Å². The highest BCUT2D eigenvalue weighted by molar-refractivity contribution is 6.34. The number of likely N-dealkylation sites (tertiary alicyclic amines) is 1. The molecular formula is C29H34ClF2N5O. The van der Waals surface area contributed by atoms with Gasteiger partial charge in [0.05, 0.1) is 23.0 Å². The molecule has 0 radical (unpaired) electrons. The molecule has 202 valence electrons. The number of nitrogens with zero attached hydrogens (tertiary/aromatic N) is 5. The van der Waals surface area contributed by atoms with Gasteiger partial charge in [-0.2, -0.15) is 0 Å². The molecule has 38 heavy (non-hydrogen) atoms. The van der Waals surface area contributed by atoms with Crippen molar-refractivity contribution in [3.8, 4) is 11.3 Å². The lowest BCUT2D eigenvalue weighted by Crippen LogP contribution is -2.58. The number of carbonyl (C=O) groups excluding carboxylic acids is 1. The number of halogens is 3. The normalized spacial score (nSPS) is 25.4. The number of fused-ring (bicyclic) bond motifs is 2. The third kappa shape index (κ3) is 4.02.